The molecule has 2 aromatic rings. The summed E-state index contributed by atoms with van der Waals surface area (Å²) in [7, 11) is 0. The number of halogens is 1. The van der Waals surface area contributed by atoms with E-state index in [0.717, 1.165) is 18.4 Å². The summed E-state index contributed by atoms with van der Waals surface area (Å²) in [6.45, 7) is 4.38. The van der Waals surface area contributed by atoms with Crippen LogP contribution in [0.15, 0.2) is 30.6 Å². The highest BCUT2D eigenvalue weighted by Gasteiger charge is 2.21. The predicted molar refractivity (Wildman–Crippen MR) is 75.7 cm³/mol. The quantitative estimate of drug-likeness (QED) is 0.770. The van der Waals surface area contributed by atoms with Crippen molar-refractivity contribution in [3.05, 3.63) is 53.1 Å². The highest BCUT2D eigenvalue weighted by Crippen LogP contribution is 2.38. The first-order chi connectivity index (χ1) is 9.18. The van der Waals surface area contributed by atoms with E-state index in [0.29, 0.717) is 11.5 Å². The third kappa shape index (κ3) is 2.05. The summed E-state index contributed by atoms with van der Waals surface area (Å²) in [5.41, 5.74) is 5.93. The Morgan fingerprint density at radius 1 is 1.11 bits per heavy atom. The molecular weight excluding hydrogens is 237 g/mol. The molecule has 0 saturated heterocycles. The lowest BCUT2D eigenvalue weighted by molar-refractivity contribution is 0.624. The number of rotatable bonds is 2. The van der Waals surface area contributed by atoms with Crippen LogP contribution in [-0.4, -0.2) is 4.98 Å². The maximum atomic E-state index is 14.0. The molecule has 0 atom stereocenters. The largest absolute Gasteiger partial charge is 0.262 e. The van der Waals surface area contributed by atoms with Gasteiger partial charge in [0.15, 0.2) is 0 Å². The molecule has 0 N–H and O–H groups in total. The van der Waals surface area contributed by atoms with Gasteiger partial charge in [-0.05, 0) is 53.5 Å². The summed E-state index contributed by atoms with van der Waals surface area (Å²) in [5, 5.41) is 0. The van der Waals surface area contributed by atoms with Gasteiger partial charge in [0.05, 0.1) is 6.20 Å². The number of hydrogen-bond donors (Lipinski definition) is 0. The fraction of sp³-hybridized carbons (Fsp3) is 0.353. The normalized spacial score (nSPS) is 13.9. The molecule has 0 fully saturated rings. The molecule has 0 radical (unpaired) electrons. The molecule has 0 aliphatic heterocycles. The van der Waals surface area contributed by atoms with Gasteiger partial charge in [-0.3, -0.25) is 4.98 Å². The third-order valence-corrected chi connectivity index (χ3v) is 3.97. The second kappa shape index (κ2) is 4.76. The molecule has 98 valence electrons. The van der Waals surface area contributed by atoms with Crippen molar-refractivity contribution in [1.82, 2.24) is 4.98 Å². The van der Waals surface area contributed by atoms with Gasteiger partial charge in [-0.15, -0.1) is 0 Å². The van der Waals surface area contributed by atoms with Crippen LogP contribution in [0.4, 0.5) is 4.39 Å². The molecule has 1 nitrogen and oxygen atoms in total. The molecule has 0 spiro atoms. The first kappa shape index (κ1) is 12.3. The fourth-order valence-electron chi connectivity index (χ4n) is 3.18. The van der Waals surface area contributed by atoms with Gasteiger partial charge >= 0.3 is 0 Å². The Morgan fingerprint density at radius 3 is 2.68 bits per heavy atom. The molecule has 1 heterocycles. The first-order valence-corrected chi connectivity index (χ1v) is 6.93. The lowest BCUT2D eigenvalue weighted by Gasteiger charge is -2.18. The van der Waals surface area contributed by atoms with Crippen LogP contribution in [0.25, 0.3) is 11.1 Å². The Labute approximate surface area is 113 Å². The van der Waals surface area contributed by atoms with E-state index in [1.807, 2.05) is 0 Å². The van der Waals surface area contributed by atoms with Crippen LogP contribution in [-0.2, 0) is 12.8 Å². The van der Waals surface area contributed by atoms with E-state index >= 15 is 0 Å². The molecule has 0 bridgehead atoms. The van der Waals surface area contributed by atoms with Crippen molar-refractivity contribution in [3.63, 3.8) is 0 Å². The average molecular weight is 255 g/mol. The van der Waals surface area contributed by atoms with Crippen molar-refractivity contribution < 1.29 is 4.39 Å². The van der Waals surface area contributed by atoms with Gasteiger partial charge in [0.2, 0.25) is 0 Å². The number of aryl methyl sites for hydroxylation is 1. The Bertz CT molecular complexity index is 617. The van der Waals surface area contributed by atoms with Gasteiger partial charge < -0.3 is 0 Å². The minimum absolute atomic E-state index is 0.234. The Balaban J connectivity index is 2.25. The van der Waals surface area contributed by atoms with E-state index in [9.17, 15) is 4.39 Å². The van der Waals surface area contributed by atoms with Gasteiger partial charge in [-0.1, -0.05) is 26.0 Å². The van der Waals surface area contributed by atoms with E-state index in [1.165, 1.54) is 29.3 Å². The maximum absolute atomic E-state index is 14.0. The predicted octanol–water partition coefficient (Wildman–Crippen LogP) is 4.50. The summed E-state index contributed by atoms with van der Waals surface area (Å²) in [6, 6.07) is 6.03. The zero-order valence-corrected chi connectivity index (χ0v) is 11.4. The van der Waals surface area contributed by atoms with Crippen LogP contribution in [0.2, 0.25) is 0 Å². The molecule has 1 aromatic carbocycles. The molecule has 0 amide bonds. The molecule has 1 aromatic heterocycles. The molecule has 1 aliphatic rings. The summed E-state index contributed by atoms with van der Waals surface area (Å²) in [6.07, 6.45) is 6.47. The lowest BCUT2D eigenvalue weighted by atomic mass is 9.87. The fourth-order valence-corrected chi connectivity index (χ4v) is 3.18. The van der Waals surface area contributed by atoms with Gasteiger partial charge in [0.1, 0.15) is 5.82 Å². The van der Waals surface area contributed by atoms with Crippen molar-refractivity contribution in [2.24, 2.45) is 0 Å². The van der Waals surface area contributed by atoms with Crippen LogP contribution >= 0.6 is 0 Å². The Hall–Kier alpha value is -1.70. The van der Waals surface area contributed by atoms with Gasteiger partial charge in [0.25, 0.3) is 0 Å². The van der Waals surface area contributed by atoms with E-state index in [4.69, 9.17) is 0 Å². The maximum Gasteiger partial charge on any atom is 0.149 e. The number of fused-ring (bicyclic) bond motifs is 1. The third-order valence-electron chi connectivity index (χ3n) is 3.97. The standard InChI is InChI=1S/C17H18FN/c1-11(2)17-13-5-3-4-12(13)6-7-15(17)14-8-9-19-10-16(14)18/h6-11H,3-5H2,1-2H3. The van der Waals surface area contributed by atoms with E-state index in [-0.39, 0.29) is 5.82 Å². The minimum atomic E-state index is -0.234. The van der Waals surface area contributed by atoms with E-state index in [1.54, 1.807) is 12.3 Å². The average Bonchev–Trinajstić information content (AvgIpc) is 2.86. The summed E-state index contributed by atoms with van der Waals surface area (Å²) >= 11 is 0. The minimum Gasteiger partial charge on any atom is -0.262 e. The zero-order chi connectivity index (χ0) is 13.4. The number of nitrogens with zero attached hydrogens (tertiary/aromatic N) is 1. The highest BCUT2D eigenvalue weighted by atomic mass is 19.1. The van der Waals surface area contributed by atoms with Crippen molar-refractivity contribution in [2.45, 2.75) is 39.0 Å². The SMILES string of the molecule is CC(C)c1c(-c2ccncc2F)ccc2c1CCC2. The summed E-state index contributed by atoms with van der Waals surface area (Å²) < 4.78 is 14.0. The molecule has 1 aliphatic carbocycles. The number of pyridine rings is 1. The second-order valence-electron chi connectivity index (χ2n) is 5.53. The van der Waals surface area contributed by atoms with Crippen LogP contribution < -0.4 is 0 Å². The van der Waals surface area contributed by atoms with E-state index < -0.39 is 0 Å². The van der Waals surface area contributed by atoms with Crippen molar-refractivity contribution in [3.8, 4) is 11.1 Å². The van der Waals surface area contributed by atoms with Crippen molar-refractivity contribution in [2.75, 3.05) is 0 Å². The van der Waals surface area contributed by atoms with E-state index in [2.05, 4.69) is 31.0 Å². The lowest BCUT2D eigenvalue weighted by Crippen LogP contribution is -2.01. The second-order valence-corrected chi connectivity index (χ2v) is 5.53. The molecule has 0 unspecified atom stereocenters. The molecule has 0 saturated carbocycles. The summed E-state index contributed by atoms with van der Waals surface area (Å²) in [4.78, 5) is 3.84. The molecule has 2 heteroatoms. The molecule has 3 rings (SSSR count). The number of benzene rings is 1. The number of aromatic nitrogens is 1. The molecule has 19 heavy (non-hydrogen) atoms. The zero-order valence-electron chi connectivity index (χ0n) is 11.4. The highest BCUT2D eigenvalue weighted by molar-refractivity contribution is 5.71. The number of hydrogen-bond acceptors (Lipinski definition) is 1. The van der Waals surface area contributed by atoms with Gasteiger partial charge in [-0.25, -0.2) is 4.39 Å². The molecular formula is C17H18FN. The van der Waals surface area contributed by atoms with Gasteiger partial charge in [-0.2, -0.15) is 0 Å². The Kier molecular flexibility index (Phi) is 3.09. The van der Waals surface area contributed by atoms with Crippen LogP contribution in [0.5, 0.6) is 0 Å². The van der Waals surface area contributed by atoms with Gasteiger partial charge in [0, 0.05) is 11.8 Å². The summed E-state index contributed by atoms with van der Waals surface area (Å²) in [5.74, 6) is 0.179. The Morgan fingerprint density at radius 2 is 1.95 bits per heavy atom. The van der Waals surface area contributed by atoms with Crippen molar-refractivity contribution >= 4 is 0 Å². The van der Waals surface area contributed by atoms with Crippen LogP contribution in [0, 0.1) is 5.82 Å². The first-order valence-electron chi connectivity index (χ1n) is 6.93. The smallest absolute Gasteiger partial charge is 0.149 e. The van der Waals surface area contributed by atoms with Crippen LogP contribution in [0.1, 0.15) is 42.9 Å². The topological polar surface area (TPSA) is 12.9 Å². The monoisotopic (exact) mass is 255 g/mol. The van der Waals surface area contributed by atoms with Crippen LogP contribution in [0.3, 0.4) is 0 Å². The van der Waals surface area contributed by atoms with Crippen molar-refractivity contribution in [1.29, 1.82) is 0 Å².